The predicted octanol–water partition coefficient (Wildman–Crippen LogP) is 2.45. The zero-order valence-electron chi connectivity index (χ0n) is 12.3. The molecule has 0 aromatic carbocycles. The van der Waals surface area contributed by atoms with Gasteiger partial charge in [0, 0.05) is 26.6 Å². The molecule has 0 saturated carbocycles. The van der Waals surface area contributed by atoms with E-state index in [9.17, 15) is 4.79 Å². The van der Waals surface area contributed by atoms with E-state index in [1.54, 1.807) is 12.0 Å². The van der Waals surface area contributed by atoms with E-state index in [2.05, 4.69) is 33.8 Å². The Hall–Kier alpha value is -1.08. The van der Waals surface area contributed by atoms with Gasteiger partial charge in [0.1, 0.15) is 0 Å². The minimum absolute atomic E-state index is 0.115. The van der Waals surface area contributed by atoms with Crippen LogP contribution in [0.4, 0.5) is 0 Å². The lowest BCUT2D eigenvalue weighted by Crippen LogP contribution is -2.37. The molecule has 0 heterocycles. The maximum Gasteiger partial charge on any atom is 0.222 e. The Bertz CT molecular complexity index is 289. The van der Waals surface area contributed by atoms with E-state index in [0.29, 0.717) is 38.5 Å². The molecule has 4 heteroatoms. The lowest BCUT2D eigenvalue weighted by molar-refractivity contribution is -0.133. The third-order valence-electron chi connectivity index (χ3n) is 3.37. The van der Waals surface area contributed by atoms with Crippen LogP contribution in [-0.4, -0.2) is 37.6 Å². The van der Waals surface area contributed by atoms with Gasteiger partial charge in [-0.05, 0) is 11.3 Å². The third-order valence-corrected chi connectivity index (χ3v) is 3.37. The molecule has 0 aromatic heterocycles. The number of methoxy groups -OCH3 is 1. The summed E-state index contributed by atoms with van der Waals surface area (Å²) in [5.41, 5.74) is 0.123. The monoisotopic (exact) mass is 254 g/mol. The number of nitriles is 1. The average molecular weight is 254 g/mol. The van der Waals surface area contributed by atoms with Gasteiger partial charge in [-0.3, -0.25) is 4.79 Å². The smallest absolute Gasteiger partial charge is 0.222 e. The largest absolute Gasteiger partial charge is 0.383 e. The molecule has 0 aliphatic carbocycles. The average Bonchev–Trinajstić information content (AvgIpc) is 2.27. The molecule has 0 rings (SSSR count). The lowest BCUT2D eigenvalue weighted by Gasteiger charge is -2.29. The van der Waals surface area contributed by atoms with E-state index >= 15 is 0 Å². The van der Waals surface area contributed by atoms with Crippen molar-refractivity contribution in [3.05, 3.63) is 0 Å². The summed E-state index contributed by atoms with van der Waals surface area (Å²) in [7, 11) is 1.62. The topological polar surface area (TPSA) is 53.3 Å². The van der Waals surface area contributed by atoms with Crippen LogP contribution >= 0.6 is 0 Å². The molecule has 0 radical (unpaired) electrons. The van der Waals surface area contributed by atoms with Crippen LogP contribution in [0.3, 0.4) is 0 Å². The van der Waals surface area contributed by atoms with Crippen LogP contribution < -0.4 is 0 Å². The summed E-state index contributed by atoms with van der Waals surface area (Å²) in [4.78, 5) is 13.9. The molecule has 104 valence electrons. The molecular weight excluding hydrogens is 228 g/mol. The van der Waals surface area contributed by atoms with Crippen molar-refractivity contribution in [2.24, 2.45) is 11.3 Å². The normalized spacial score (nSPS) is 12.9. The van der Waals surface area contributed by atoms with Crippen molar-refractivity contribution in [3.63, 3.8) is 0 Å². The lowest BCUT2D eigenvalue weighted by atomic mass is 9.80. The van der Waals surface area contributed by atoms with E-state index < -0.39 is 0 Å². The van der Waals surface area contributed by atoms with Gasteiger partial charge in [0.15, 0.2) is 0 Å². The van der Waals surface area contributed by atoms with Crippen LogP contribution in [0.1, 0.15) is 40.5 Å². The summed E-state index contributed by atoms with van der Waals surface area (Å²) in [5, 5.41) is 8.61. The molecular formula is C14H26N2O2. The van der Waals surface area contributed by atoms with Crippen LogP contribution in [0.25, 0.3) is 0 Å². The zero-order valence-corrected chi connectivity index (χ0v) is 12.3. The van der Waals surface area contributed by atoms with Crippen LogP contribution in [-0.2, 0) is 9.53 Å². The Morgan fingerprint density at radius 3 is 2.44 bits per heavy atom. The number of ether oxygens (including phenoxy) is 1. The Morgan fingerprint density at radius 2 is 2.00 bits per heavy atom. The molecule has 18 heavy (non-hydrogen) atoms. The molecule has 0 N–H and O–H groups in total. The maximum absolute atomic E-state index is 12.2. The first-order valence-electron chi connectivity index (χ1n) is 6.46. The summed E-state index contributed by atoms with van der Waals surface area (Å²) in [6.07, 6.45) is 0.901. The first-order chi connectivity index (χ1) is 8.32. The van der Waals surface area contributed by atoms with Crippen LogP contribution in [0.15, 0.2) is 0 Å². The molecule has 0 aliphatic rings. The Morgan fingerprint density at radius 1 is 1.39 bits per heavy atom. The second-order valence-corrected chi connectivity index (χ2v) is 5.75. The summed E-state index contributed by atoms with van der Waals surface area (Å²) < 4.78 is 5.00. The molecule has 4 nitrogen and oxygen atoms in total. The fraction of sp³-hybridized carbons (Fsp3) is 0.857. The summed E-state index contributed by atoms with van der Waals surface area (Å²) in [6.45, 7) is 10.1. The van der Waals surface area contributed by atoms with E-state index in [4.69, 9.17) is 10.00 Å². The highest BCUT2D eigenvalue weighted by Crippen LogP contribution is 2.28. The van der Waals surface area contributed by atoms with Gasteiger partial charge in [-0.1, -0.05) is 27.7 Å². The highest BCUT2D eigenvalue weighted by Gasteiger charge is 2.24. The second-order valence-electron chi connectivity index (χ2n) is 5.75. The Labute approximate surface area is 111 Å². The molecule has 0 saturated heterocycles. The minimum atomic E-state index is 0.115. The molecule has 0 aromatic rings. The van der Waals surface area contributed by atoms with Gasteiger partial charge in [0.25, 0.3) is 0 Å². The SMILES string of the molecule is COCCN(CCC#N)C(=O)CC(C)C(C)(C)C. The first kappa shape index (κ1) is 16.9. The maximum atomic E-state index is 12.2. The van der Waals surface area contributed by atoms with E-state index in [-0.39, 0.29) is 11.3 Å². The van der Waals surface area contributed by atoms with Gasteiger partial charge >= 0.3 is 0 Å². The van der Waals surface area contributed by atoms with Crippen LogP contribution in [0, 0.1) is 22.7 Å². The van der Waals surface area contributed by atoms with Crippen molar-refractivity contribution >= 4 is 5.91 Å². The van der Waals surface area contributed by atoms with Gasteiger partial charge in [-0.2, -0.15) is 5.26 Å². The third kappa shape index (κ3) is 6.61. The summed E-state index contributed by atoms with van der Waals surface area (Å²) in [6, 6.07) is 2.08. The molecule has 0 spiro atoms. The van der Waals surface area contributed by atoms with Crippen molar-refractivity contribution in [1.29, 1.82) is 5.26 Å². The second kappa shape index (κ2) is 8.10. The van der Waals surface area contributed by atoms with Gasteiger partial charge in [0.2, 0.25) is 5.91 Å². The molecule has 0 fully saturated rings. The summed E-state index contributed by atoms with van der Waals surface area (Å²) >= 11 is 0. The molecule has 0 bridgehead atoms. The van der Waals surface area contributed by atoms with Gasteiger partial charge < -0.3 is 9.64 Å². The summed E-state index contributed by atoms with van der Waals surface area (Å²) in [5.74, 6) is 0.432. The highest BCUT2D eigenvalue weighted by atomic mass is 16.5. The molecule has 1 amide bonds. The molecule has 1 atom stereocenters. The van der Waals surface area contributed by atoms with Crippen LogP contribution in [0.2, 0.25) is 0 Å². The number of rotatable bonds is 7. The van der Waals surface area contributed by atoms with Crippen molar-refractivity contribution in [2.75, 3.05) is 26.8 Å². The van der Waals surface area contributed by atoms with Crippen molar-refractivity contribution in [2.45, 2.75) is 40.5 Å². The fourth-order valence-corrected chi connectivity index (χ4v) is 1.44. The quantitative estimate of drug-likeness (QED) is 0.701. The van der Waals surface area contributed by atoms with E-state index in [1.165, 1.54) is 0 Å². The van der Waals surface area contributed by atoms with Gasteiger partial charge in [-0.15, -0.1) is 0 Å². The van der Waals surface area contributed by atoms with Crippen LogP contribution in [0.5, 0.6) is 0 Å². The zero-order chi connectivity index (χ0) is 14.2. The van der Waals surface area contributed by atoms with Gasteiger partial charge in [0.05, 0.1) is 19.1 Å². The predicted molar refractivity (Wildman–Crippen MR) is 71.9 cm³/mol. The number of hydrogen-bond acceptors (Lipinski definition) is 3. The first-order valence-corrected chi connectivity index (χ1v) is 6.46. The van der Waals surface area contributed by atoms with Gasteiger partial charge in [-0.25, -0.2) is 0 Å². The highest BCUT2D eigenvalue weighted by molar-refractivity contribution is 5.76. The Kier molecular flexibility index (Phi) is 7.61. The van der Waals surface area contributed by atoms with E-state index in [0.717, 1.165) is 0 Å². The fourth-order valence-electron chi connectivity index (χ4n) is 1.44. The standard InChI is InChI=1S/C14H26N2O2/c1-12(14(2,3)4)11-13(17)16(8-6-7-15)9-10-18-5/h12H,6,8-11H2,1-5H3. The van der Waals surface area contributed by atoms with Crippen molar-refractivity contribution < 1.29 is 9.53 Å². The number of carbonyl (C=O) groups excluding carboxylic acids is 1. The molecule has 0 aliphatic heterocycles. The molecule has 1 unspecified atom stereocenters. The minimum Gasteiger partial charge on any atom is -0.383 e. The van der Waals surface area contributed by atoms with Crippen molar-refractivity contribution in [3.8, 4) is 6.07 Å². The Balaban J connectivity index is 4.41. The number of amides is 1. The number of hydrogen-bond donors (Lipinski definition) is 0. The number of carbonyl (C=O) groups is 1. The number of nitrogens with zero attached hydrogens (tertiary/aromatic N) is 2. The van der Waals surface area contributed by atoms with Crippen molar-refractivity contribution in [1.82, 2.24) is 4.90 Å². The van der Waals surface area contributed by atoms with E-state index in [1.807, 2.05) is 0 Å².